The van der Waals surface area contributed by atoms with Gasteiger partial charge in [-0.2, -0.15) is 0 Å². The van der Waals surface area contributed by atoms with Crippen LogP contribution in [-0.2, 0) is 4.74 Å². The predicted molar refractivity (Wildman–Crippen MR) is 52.5 cm³/mol. The highest BCUT2D eigenvalue weighted by Crippen LogP contribution is 2.23. The smallest absolute Gasteiger partial charge is 0.207 e. The minimum absolute atomic E-state index is 0.179. The Kier molecular flexibility index (Phi) is 2.82. The summed E-state index contributed by atoms with van der Waals surface area (Å²) in [5, 5.41) is 0. The third kappa shape index (κ3) is 1.92. The number of furan rings is 1. The fourth-order valence-corrected chi connectivity index (χ4v) is 1.57. The zero-order valence-electron chi connectivity index (χ0n) is 8.14. The van der Waals surface area contributed by atoms with Gasteiger partial charge in [0.15, 0.2) is 18.3 Å². The molecule has 1 aromatic heterocycles. The van der Waals surface area contributed by atoms with Gasteiger partial charge < -0.3 is 14.1 Å². The maximum atomic E-state index is 10.8. The van der Waals surface area contributed by atoms with Gasteiger partial charge in [0, 0.05) is 19.2 Å². The molecule has 1 aliphatic heterocycles. The van der Waals surface area contributed by atoms with Crippen LogP contribution in [-0.4, -0.2) is 38.9 Å². The van der Waals surface area contributed by atoms with Crippen LogP contribution in [0.1, 0.15) is 20.9 Å². The van der Waals surface area contributed by atoms with Crippen LogP contribution >= 0.6 is 0 Å². The lowest BCUT2D eigenvalue weighted by molar-refractivity contribution is 0.109. The highest BCUT2D eigenvalue weighted by atomic mass is 16.5. The monoisotopic (exact) mass is 209 g/mol. The summed E-state index contributed by atoms with van der Waals surface area (Å²) in [6.07, 6.45) is 1.29. The molecule has 0 bridgehead atoms. The Balaban J connectivity index is 2.27. The Morgan fingerprint density at radius 3 is 2.53 bits per heavy atom. The van der Waals surface area contributed by atoms with Crippen molar-refractivity contribution < 1.29 is 18.7 Å². The van der Waals surface area contributed by atoms with Gasteiger partial charge in [-0.15, -0.1) is 0 Å². The first-order valence-corrected chi connectivity index (χ1v) is 4.72. The first-order valence-electron chi connectivity index (χ1n) is 4.72. The standard InChI is InChI=1S/C10H11NO4/c12-6-8-5-9(7-13)15-10(8)11-1-3-14-4-2-11/h5-7H,1-4H2. The lowest BCUT2D eigenvalue weighted by Gasteiger charge is -2.26. The SMILES string of the molecule is O=Cc1cc(C=O)c(N2CCOCC2)o1. The molecule has 0 atom stereocenters. The topological polar surface area (TPSA) is 59.8 Å². The summed E-state index contributed by atoms with van der Waals surface area (Å²) in [6.45, 7) is 2.56. The van der Waals surface area contributed by atoms with Crippen molar-refractivity contribution in [1.82, 2.24) is 0 Å². The second-order valence-corrected chi connectivity index (χ2v) is 3.24. The van der Waals surface area contributed by atoms with Gasteiger partial charge in [0.25, 0.3) is 0 Å². The number of aldehydes is 2. The number of carbonyl (C=O) groups excluding carboxylic acids is 2. The van der Waals surface area contributed by atoms with E-state index >= 15 is 0 Å². The summed E-state index contributed by atoms with van der Waals surface area (Å²) >= 11 is 0. The molecule has 0 unspecified atom stereocenters. The van der Waals surface area contributed by atoms with Crippen molar-refractivity contribution in [2.75, 3.05) is 31.2 Å². The van der Waals surface area contributed by atoms with Crippen molar-refractivity contribution >= 4 is 18.5 Å². The van der Waals surface area contributed by atoms with Crippen molar-refractivity contribution in [3.63, 3.8) is 0 Å². The molecule has 1 aliphatic rings. The highest BCUT2D eigenvalue weighted by molar-refractivity contribution is 5.86. The molecule has 0 saturated carbocycles. The summed E-state index contributed by atoms with van der Waals surface area (Å²) in [5.74, 6) is 0.647. The van der Waals surface area contributed by atoms with Crippen LogP contribution in [0.25, 0.3) is 0 Å². The highest BCUT2D eigenvalue weighted by Gasteiger charge is 2.19. The molecule has 0 aromatic carbocycles. The van der Waals surface area contributed by atoms with Gasteiger partial charge in [0.2, 0.25) is 5.88 Å². The zero-order chi connectivity index (χ0) is 10.7. The fourth-order valence-electron chi connectivity index (χ4n) is 1.57. The maximum absolute atomic E-state index is 10.8. The van der Waals surface area contributed by atoms with Crippen molar-refractivity contribution in [2.24, 2.45) is 0 Å². The van der Waals surface area contributed by atoms with Gasteiger partial charge in [-0.1, -0.05) is 0 Å². The van der Waals surface area contributed by atoms with Crippen molar-refractivity contribution in [3.05, 3.63) is 17.4 Å². The summed E-state index contributed by atoms with van der Waals surface area (Å²) < 4.78 is 10.5. The number of hydrogen-bond acceptors (Lipinski definition) is 5. The lowest BCUT2D eigenvalue weighted by Crippen LogP contribution is -2.36. The first-order chi connectivity index (χ1) is 7.35. The number of hydrogen-bond donors (Lipinski definition) is 0. The molecule has 5 heteroatoms. The average Bonchev–Trinajstić information content (AvgIpc) is 2.73. The molecule has 0 N–H and O–H groups in total. The summed E-state index contributed by atoms with van der Waals surface area (Å²) in [6, 6.07) is 1.45. The molecule has 2 rings (SSSR count). The molecule has 1 aromatic rings. The minimum atomic E-state index is 0.179. The second-order valence-electron chi connectivity index (χ2n) is 3.24. The molecule has 0 spiro atoms. The van der Waals surface area contributed by atoms with Crippen LogP contribution < -0.4 is 4.90 Å². The number of morpholine rings is 1. The van der Waals surface area contributed by atoms with Gasteiger partial charge in [-0.25, -0.2) is 0 Å². The number of anilines is 1. The van der Waals surface area contributed by atoms with E-state index in [-0.39, 0.29) is 5.76 Å². The summed E-state index contributed by atoms with van der Waals surface area (Å²) in [5.41, 5.74) is 0.416. The molecule has 80 valence electrons. The molecule has 1 saturated heterocycles. The molecule has 1 fully saturated rings. The Hall–Kier alpha value is -1.62. The summed E-state index contributed by atoms with van der Waals surface area (Å²) in [7, 11) is 0. The van der Waals surface area contributed by atoms with Crippen LogP contribution in [0.3, 0.4) is 0 Å². The van der Waals surface area contributed by atoms with Crippen LogP contribution in [0.15, 0.2) is 10.5 Å². The fraction of sp³-hybridized carbons (Fsp3) is 0.400. The Labute approximate surface area is 86.6 Å². The molecule has 5 nitrogen and oxygen atoms in total. The number of nitrogens with zero attached hydrogens (tertiary/aromatic N) is 1. The van der Waals surface area contributed by atoms with Crippen molar-refractivity contribution in [2.45, 2.75) is 0 Å². The Morgan fingerprint density at radius 2 is 1.93 bits per heavy atom. The van der Waals surface area contributed by atoms with Gasteiger partial charge in [-0.3, -0.25) is 9.59 Å². The summed E-state index contributed by atoms with van der Waals surface area (Å²) in [4.78, 5) is 23.2. The molecule has 0 amide bonds. The number of ether oxygens (including phenoxy) is 1. The average molecular weight is 209 g/mol. The quantitative estimate of drug-likeness (QED) is 0.687. The van der Waals surface area contributed by atoms with E-state index in [1.165, 1.54) is 6.07 Å². The molecular weight excluding hydrogens is 198 g/mol. The van der Waals surface area contributed by atoms with Crippen molar-refractivity contribution in [1.29, 1.82) is 0 Å². The van der Waals surface area contributed by atoms with Gasteiger partial charge in [0.05, 0.1) is 18.8 Å². The van der Waals surface area contributed by atoms with Crippen LogP contribution in [0.5, 0.6) is 0 Å². The van der Waals surface area contributed by atoms with E-state index < -0.39 is 0 Å². The normalized spacial score (nSPS) is 16.4. The lowest BCUT2D eigenvalue weighted by atomic mass is 10.3. The van der Waals surface area contributed by atoms with Gasteiger partial charge in [0.1, 0.15) is 0 Å². The molecule has 2 heterocycles. The predicted octanol–water partition coefficient (Wildman–Crippen LogP) is 0.741. The van der Waals surface area contributed by atoms with Crippen molar-refractivity contribution in [3.8, 4) is 0 Å². The number of rotatable bonds is 3. The Morgan fingerprint density at radius 1 is 1.20 bits per heavy atom. The van der Waals surface area contributed by atoms with E-state index in [1.54, 1.807) is 0 Å². The van der Waals surface area contributed by atoms with Gasteiger partial charge >= 0.3 is 0 Å². The first kappa shape index (κ1) is 9.92. The van der Waals surface area contributed by atoms with E-state index in [1.807, 2.05) is 4.90 Å². The second kappa shape index (κ2) is 4.27. The molecular formula is C10H11NO4. The van der Waals surface area contributed by atoms with E-state index in [0.717, 1.165) is 0 Å². The van der Waals surface area contributed by atoms with E-state index in [0.29, 0.717) is 50.3 Å². The maximum Gasteiger partial charge on any atom is 0.207 e. The third-order valence-corrected chi connectivity index (χ3v) is 2.30. The largest absolute Gasteiger partial charge is 0.437 e. The van der Waals surface area contributed by atoms with Crippen LogP contribution in [0.2, 0.25) is 0 Å². The Bertz CT molecular complexity index is 365. The van der Waals surface area contributed by atoms with Crippen LogP contribution in [0.4, 0.5) is 5.88 Å². The number of carbonyl (C=O) groups is 2. The van der Waals surface area contributed by atoms with E-state index in [2.05, 4.69) is 0 Å². The molecule has 0 radical (unpaired) electrons. The minimum Gasteiger partial charge on any atom is -0.437 e. The van der Waals surface area contributed by atoms with Gasteiger partial charge in [-0.05, 0) is 0 Å². The third-order valence-electron chi connectivity index (χ3n) is 2.30. The van der Waals surface area contributed by atoms with E-state index in [4.69, 9.17) is 9.15 Å². The zero-order valence-corrected chi connectivity index (χ0v) is 8.14. The van der Waals surface area contributed by atoms with Crippen LogP contribution in [0, 0.1) is 0 Å². The molecule has 0 aliphatic carbocycles. The van der Waals surface area contributed by atoms with E-state index in [9.17, 15) is 9.59 Å². The molecule has 15 heavy (non-hydrogen) atoms.